The van der Waals surface area contributed by atoms with Crippen LogP contribution in [0.3, 0.4) is 0 Å². The van der Waals surface area contributed by atoms with E-state index in [1.165, 1.54) is 11.3 Å². The van der Waals surface area contributed by atoms with Crippen molar-refractivity contribution in [1.82, 2.24) is 10.5 Å². The van der Waals surface area contributed by atoms with Crippen molar-refractivity contribution in [3.63, 3.8) is 0 Å². The predicted molar refractivity (Wildman–Crippen MR) is 129 cm³/mol. The monoisotopic (exact) mass is 481 g/mol. The van der Waals surface area contributed by atoms with Crippen molar-refractivity contribution in [1.29, 1.82) is 0 Å². The number of rotatable bonds is 6. The summed E-state index contributed by atoms with van der Waals surface area (Å²) in [5, 5.41) is 15.9. The first-order valence-corrected chi connectivity index (χ1v) is 10.9. The smallest absolute Gasteiger partial charge is 0.414 e. The van der Waals surface area contributed by atoms with Crippen LogP contribution in [0.4, 0.5) is 0 Å². The molecule has 0 fully saturated rings. The molecule has 10 nitrogen and oxygen atoms in total. The first-order chi connectivity index (χ1) is 16.8. The normalized spacial score (nSPS) is 14.6. The number of H-pyrrole nitrogens is 1. The van der Waals surface area contributed by atoms with E-state index in [1.807, 2.05) is 48.6 Å². The van der Waals surface area contributed by atoms with Crippen molar-refractivity contribution < 1.29 is 34.2 Å². The van der Waals surface area contributed by atoms with Crippen molar-refractivity contribution >= 4 is 34.8 Å². The van der Waals surface area contributed by atoms with Gasteiger partial charge in [0, 0.05) is 28.2 Å². The molecule has 1 aliphatic rings. The van der Waals surface area contributed by atoms with Crippen LogP contribution in [-0.4, -0.2) is 52.8 Å². The van der Waals surface area contributed by atoms with E-state index in [1.54, 1.807) is 13.2 Å². The first-order valence-electron chi connectivity index (χ1n) is 10.9. The van der Waals surface area contributed by atoms with E-state index in [2.05, 4.69) is 10.5 Å². The van der Waals surface area contributed by atoms with Crippen molar-refractivity contribution in [2.75, 3.05) is 13.7 Å². The van der Waals surface area contributed by atoms with E-state index >= 15 is 0 Å². The summed E-state index contributed by atoms with van der Waals surface area (Å²) in [6, 6.07) is 13.5. The molecule has 4 rings (SSSR count). The molecule has 0 radical (unpaired) electrons. The third-order valence-electron chi connectivity index (χ3n) is 5.42. The number of hydroxylamine groups is 1. The number of hydrogen-bond donors (Lipinski definition) is 5. The highest BCUT2D eigenvalue weighted by Crippen LogP contribution is 2.29. The number of carbonyl (C=O) groups excluding carboxylic acids is 1. The van der Waals surface area contributed by atoms with Gasteiger partial charge in [0.15, 0.2) is 0 Å². The molecule has 0 saturated carbocycles. The molecule has 1 aliphatic carbocycles. The lowest BCUT2D eigenvalue weighted by molar-refractivity contribution is -0.159. The molecule has 184 valence electrons. The molecule has 3 aromatic rings. The Morgan fingerprint density at radius 1 is 1.17 bits per heavy atom. The fourth-order valence-corrected chi connectivity index (χ4v) is 3.73. The number of aromatic amines is 1. The third kappa shape index (κ3) is 6.92. The Balaban J connectivity index is 0.000000509. The quantitative estimate of drug-likeness (QED) is 0.204. The largest absolute Gasteiger partial charge is 0.497 e. The van der Waals surface area contributed by atoms with Crippen LogP contribution < -0.4 is 16.0 Å². The summed E-state index contributed by atoms with van der Waals surface area (Å²) in [6.07, 6.45) is 6.53. The van der Waals surface area contributed by atoms with Gasteiger partial charge in [-0.05, 0) is 60.7 Å². The van der Waals surface area contributed by atoms with Gasteiger partial charge in [0.1, 0.15) is 5.75 Å². The highest BCUT2D eigenvalue weighted by Gasteiger charge is 2.20. The van der Waals surface area contributed by atoms with Gasteiger partial charge >= 0.3 is 11.9 Å². The van der Waals surface area contributed by atoms with Gasteiger partial charge in [-0.1, -0.05) is 24.3 Å². The zero-order chi connectivity index (χ0) is 25.4. The SMILES string of the molecule is COc1cccc(/C=C/CONC(=O)c2ccc3[nH]c4c(c3c2)CC(N)CC4)c1.O=C(O)C(=O)O. The highest BCUT2D eigenvalue weighted by atomic mass is 16.6. The molecule has 0 aliphatic heterocycles. The predicted octanol–water partition coefficient (Wildman–Crippen LogP) is 2.52. The van der Waals surface area contributed by atoms with Crippen LogP contribution in [0.1, 0.15) is 33.6 Å². The van der Waals surface area contributed by atoms with E-state index in [9.17, 15) is 4.79 Å². The fourth-order valence-electron chi connectivity index (χ4n) is 3.73. The third-order valence-corrected chi connectivity index (χ3v) is 5.42. The molecular formula is C25H27N3O7. The van der Waals surface area contributed by atoms with Gasteiger partial charge < -0.3 is 25.7 Å². The van der Waals surface area contributed by atoms with Crippen molar-refractivity contribution in [3.8, 4) is 5.75 Å². The molecule has 1 heterocycles. The summed E-state index contributed by atoms with van der Waals surface area (Å²) < 4.78 is 5.20. The maximum absolute atomic E-state index is 12.4. The summed E-state index contributed by atoms with van der Waals surface area (Å²) in [4.78, 5) is 39.4. The van der Waals surface area contributed by atoms with Crippen LogP contribution in [0.2, 0.25) is 0 Å². The Kier molecular flexibility index (Phi) is 8.60. The highest BCUT2D eigenvalue weighted by molar-refractivity contribution is 6.27. The number of ether oxygens (including phenoxy) is 1. The Morgan fingerprint density at radius 3 is 2.66 bits per heavy atom. The number of carboxylic acids is 2. The molecule has 1 amide bonds. The van der Waals surface area contributed by atoms with E-state index in [-0.39, 0.29) is 18.6 Å². The lowest BCUT2D eigenvalue weighted by Gasteiger charge is -2.18. The van der Waals surface area contributed by atoms with E-state index in [0.29, 0.717) is 5.56 Å². The molecule has 2 aromatic carbocycles. The number of aliphatic carboxylic acids is 2. The fraction of sp³-hybridized carbons (Fsp3) is 0.240. The molecule has 35 heavy (non-hydrogen) atoms. The zero-order valence-electron chi connectivity index (χ0n) is 19.1. The standard InChI is InChI=1S/C23H25N3O3.C2H2O4/c1-28-18-6-2-4-15(12-18)5-3-11-29-26-23(27)16-7-9-21-19(13-16)20-14-17(24)8-10-22(20)25-21;3-1(4)2(5)6/h2-7,9,12-13,17,25H,8,10-11,14,24H2,1H3,(H,26,27);(H,3,4)(H,5,6)/b5-3+;. The summed E-state index contributed by atoms with van der Waals surface area (Å²) in [5.41, 5.74) is 13.7. The van der Waals surface area contributed by atoms with Gasteiger partial charge in [-0.3, -0.25) is 9.63 Å². The van der Waals surface area contributed by atoms with Crippen molar-refractivity contribution in [3.05, 3.63) is 70.9 Å². The van der Waals surface area contributed by atoms with Gasteiger partial charge in [-0.2, -0.15) is 0 Å². The van der Waals surface area contributed by atoms with Crippen LogP contribution in [0, 0.1) is 0 Å². The number of aromatic nitrogens is 1. The minimum atomic E-state index is -1.82. The summed E-state index contributed by atoms with van der Waals surface area (Å²) >= 11 is 0. The Morgan fingerprint density at radius 2 is 1.94 bits per heavy atom. The van der Waals surface area contributed by atoms with Gasteiger partial charge in [0.05, 0.1) is 13.7 Å². The summed E-state index contributed by atoms with van der Waals surface area (Å²) in [5.74, 6) is -3.12. The number of carbonyl (C=O) groups is 3. The second-order valence-electron chi connectivity index (χ2n) is 7.88. The Labute approximate surface area is 201 Å². The van der Waals surface area contributed by atoms with Crippen LogP contribution in [0.15, 0.2) is 48.5 Å². The first kappa shape index (κ1) is 25.5. The number of nitrogens with two attached hydrogens (primary N) is 1. The van der Waals surface area contributed by atoms with Crippen LogP contribution >= 0.6 is 0 Å². The minimum Gasteiger partial charge on any atom is -0.497 e. The molecule has 0 saturated heterocycles. The number of hydrogen-bond acceptors (Lipinski definition) is 6. The van der Waals surface area contributed by atoms with E-state index < -0.39 is 11.9 Å². The van der Waals surface area contributed by atoms with Crippen LogP contribution in [-0.2, 0) is 27.3 Å². The summed E-state index contributed by atoms with van der Waals surface area (Å²) in [6.45, 7) is 0.263. The van der Waals surface area contributed by atoms with Gasteiger partial charge in [-0.25, -0.2) is 15.1 Å². The molecule has 1 unspecified atom stereocenters. The van der Waals surface area contributed by atoms with Gasteiger partial charge in [0.25, 0.3) is 5.91 Å². The van der Waals surface area contributed by atoms with E-state index in [0.717, 1.165) is 41.5 Å². The van der Waals surface area contributed by atoms with Gasteiger partial charge in [0.2, 0.25) is 0 Å². The number of methoxy groups -OCH3 is 1. The number of aryl methyl sites for hydroxylation is 1. The number of amides is 1. The molecular weight excluding hydrogens is 454 g/mol. The molecule has 1 aromatic heterocycles. The molecule has 10 heteroatoms. The Hall–Kier alpha value is -4.15. The molecule has 6 N–H and O–H groups in total. The number of nitrogens with one attached hydrogen (secondary N) is 2. The number of fused-ring (bicyclic) bond motifs is 3. The minimum absolute atomic E-state index is 0.179. The molecule has 0 bridgehead atoms. The maximum atomic E-state index is 12.4. The van der Waals surface area contributed by atoms with Crippen LogP contribution in [0.25, 0.3) is 17.0 Å². The second kappa shape index (κ2) is 11.8. The lowest BCUT2D eigenvalue weighted by Crippen LogP contribution is -2.27. The number of benzene rings is 2. The van der Waals surface area contributed by atoms with Crippen LogP contribution in [0.5, 0.6) is 5.75 Å². The average Bonchev–Trinajstić information content (AvgIpc) is 3.21. The Bertz CT molecular complexity index is 1240. The van der Waals surface area contributed by atoms with E-state index in [4.69, 9.17) is 35.1 Å². The molecule has 1 atom stereocenters. The second-order valence-corrected chi connectivity index (χ2v) is 7.88. The van der Waals surface area contributed by atoms with Crippen molar-refractivity contribution in [2.45, 2.75) is 25.3 Å². The number of carboxylic acid groups (broad SMARTS) is 2. The lowest BCUT2D eigenvalue weighted by atomic mass is 9.92. The summed E-state index contributed by atoms with van der Waals surface area (Å²) in [7, 11) is 1.64. The topological polar surface area (TPSA) is 164 Å². The molecule has 0 spiro atoms. The average molecular weight is 482 g/mol. The van der Waals surface area contributed by atoms with Gasteiger partial charge in [-0.15, -0.1) is 0 Å². The van der Waals surface area contributed by atoms with Crippen molar-refractivity contribution in [2.24, 2.45) is 5.73 Å². The zero-order valence-corrected chi connectivity index (χ0v) is 19.1. The maximum Gasteiger partial charge on any atom is 0.414 e.